The lowest BCUT2D eigenvalue weighted by Crippen LogP contribution is -2.54. The zero-order valence-electron chi connectivity index (χ0n) is 15.5. The largest absolute Gasteiger partial charge is 0.481 e. The minimum atomic E-state index is -4.42. The third kappa shape index (κ3) is 5.21. The molecule has 2 heterocycles. The topological polar surface area (TPSA) is 93.5 Å². The number of aromatic nitrogens is 2. The number of hydrogen-bond donors (Lipinski definition) is 2. The molecule has 0 saturated carbocycles. The van der Waals surface area contributed by atoms with Crippen molar-refractivity contribution in [3.05, 3.63) is 17.0 Å². The number of carboxylic acids is 1. The molecule has 2 N–H and O–H groups in total. The van der Waals surface area contributed by atoms with Crippen LogP contribution in [0.5, 0.6) is 0 Å². The van der Waals surface area contributed by atoms with E-state index in [0.717, 1.165) is 4.68 Å². The van der Waals surface area contributed by atoms with Gasteiger partial charge < -0.3 is 15.2 Å². The van der Waals surface area contributed by atoms with Gasteiger partial charge in [-0.1, -0.05) is 0 Å². The number of halogens is 3. The van der Waals surface area contributed by atoms with Crippen LogP contribution in [0, 0.1) is 13.8 Å². The maximum atomic E-state index is 12.8. The van der Waals surface area contributed by atoms with Gasteiger partial charge in [0.1, 0.15) is 6.54 Å². The van der Waals surface area contributed by atoms with E-state index < -0.39 is 36.1 Å². The number of hydrogen-bond acceptors (Lipinski definition) is 4. The number of carbonyl (C=O) groups is 2. The molecule has 7 nitrogen and oxygen atoms in total. The molecule has 1 fully saturated rings. The van der Waals surface area contributed by atoms with Crippen LogP contribution in [0.4, 0.5) is 13.2 Å². The van der Waals surface area contributed by atoms with Gasteiger partial charge in [-0.25, -0.2) is 0 Å². The fourth-order valence-corrected chi connectivity index (χ4v) is 3.56. The van der Waals surface area contributed by atoms with Crippen molar-refractivity contribution in [1.29, 1.82) is 0 Å². The second kappa shape index (κ2) is 7.87. The number of nitrogens with zero attached hydrogens (tertiary/aromatic N) is 2. The minimum absolute atomic E-state index is 0.236. The predicted molar refractivity (Wildman–Crippen MR) is 89.4 cm³/mol. The Morgan fingerprint density at radius 1 is 1.33 bits per heavy atom. The summed E-state index contributed by atoms with van der Waals surface area (Å²) in [5, 5.41) is 15.9. The van der Waals surface area contributed by atoms with Crippen LogP contribution in [-0.4, -0.2) is 51.7 Å². The van der Waals surface area contributed by atoms with E-state index in [4.69, 9.17) is 4.74 Å². The molecule has 1 aromatic rings. The quantitative estimate of drug-likeness (QED) is 0.776. The SMILES string of the molecule is Cc1nn(CC(F)(F)F)c(C)c1C(C)C(=O)NC1(CC(=O)O)CCOCC1. The van der Waals surface area contributed by atoms with Crippen LogP contribution in [-0.2, 0) is 20.9 Å². The molecule has 0 bridgehead atoms. The van der Waals surface area contributed by atoms with Crippen molar-refractivity contribution in [2.45, 2.75) is 64.2 Å². The third-order valence-electron chi connectivity index (χ3n) is 4.92. The van der Waals surface area contributed by atoms with Crippen LogP contribution < -0.4 is 5.32 Å². The maximum absolute atomic E-state index is 12.8. The Bertz CT molecular complexity index is 709. The van der Waals surface area contributed by atoms with E-state index in [-0.39, 0.29) is 12.1 Å². The Morgan fingerprint density at radius 2 is 1.93 bits per heavy atom. The molecule has 1 aliphatic heterocycles. The number of carboxylic acid groups (broad SMARTS) is 1. The number of aliphatic carboxylic acids is 1. The first-order valence-corrected chi connectivity index (χ1v) is 8.66. The van der Waals surface area contributed by atoms with E-state index in [2.05, 4.69) is 10.4 Å². The van der Waals surface area contributed by atoms with Crippen molar-refractivity contribution >= 4 is 11.9 Å². The summed E-state index contributed by atoms with van der Waals surface area (Å²) in [7, 11) is 0. The summed E-state index contributed by atoms with van der Waals surface area (Å²) in [5.74, 6) is -2.23. The minimum Gasteiger partial charge on any atom is -0.481 e. The second-order valence-corrected chi connectivity index (χ2v) is 7.03. The summed E-state index contributed by atoms with van der Waals surface area (Å²) in [6, 6.07) is 0. The lowest BCUT2D eigenvalue weighted by molar-refractivity contribution is -0.143. The average Bonchev–Trinajstić information content (AvgIpc) is 2.78. The molecule has 152 valence electrons. The van der Waals surface area contributed by atoms with Crippen molar-refractivity contribution in [2.75, 3.05) is 13.2 Å². The van der Waals surface area contributed by atoms with E-state index >= 15 is 0 Å². The number of nitrogens with one attached hydrogen (secondary N) is 1. The van der Waals surface area contributed by atoms with Crippen molar-refractivity contribution in [1.82, 2.24) is 15.1 Å². The van der Waals surface area contributed by atoms with Crippen molar-refractivity contribution < 1.29 is 32.6 Å². The normalized spacial score (nSPS) is 18.1. The van der Waals surface area contributed by atoms with Crippen molar-refractivity contribution in [3.8, 4) is 0 Å². The molecule has 27 heavy (non-hydrogen) atoms. The first-order valence-electron chi connectivity index (χ1n) is 8.66. The van der Waals surface area contributed by atoms with Gasteiger partial charge in [0, 0.05) is 24.5 Å². The van der Waals surface area contributed by atoms with Gasteiger partial charge in [-0.05, 0) is 33.6 Å². The second-order valence-electron chi connectivity index (χ2n) is 7.03. The zero-order chi connectivity index (χ0) is 20.4. The van der Waals surface area contributed by atoms with E-state index in [1.54, 1.807) is 13.8 Å². The molecule has 0 radical (unpaired) electrons. The molecule has 10 heteroatoms. The third-order valence-corrected chi connectivity index (χ3v) is 4.92. The summed E-state index contributed by atoms with van der Waals surface area (Å²) < 4.78 is 44.2. The van der Waals surface area contributed by atoms with Crippen LogP contribution >= 0.6 is 0 Å². The number of ether oxygens (including phenoxy) is 1. The van der Waals surface area contributed by atoms with Crippen molar-refractivity contribution in [3.63, 3.8) is 0 Å². The lowest BCUT2D eigenvalue weighted by Gasteiger charge is -2.37. The molecule has 1 aliphatic rings. The number of amides is 1. The molecular weight excluding hydrogens is 367 g/mol. The van der Waals surface area contributed by atoms with Gasteiger partial charge in [0.15, 0.2) is 0 Å². The molecular formula is C17H24F3N3O4. The number of aryl methyl sites for hydroxylation is 1. The van der Waals surface area contributed by atoms with Gasteiger partial charge in [0.25, 0.3) is 0 Å². The highest BCUT2D eigenvalue weighted by atomic mass is 19.4. The number of carbonyl (C=O) groups excluding carboxylic acids is 1. The number of alkyl halides is 3. The fraction of sp³-hybridized carbons (Fsp3) is 0.706. The van der Waals surface area contributed by atoms with Gasteiger partial charge in [-0.15, -0.1) is 0 Å². The Morgan fingerprint density at radius 3 is 2.44 bits per heavy atom. The summed E-state index contributed by atoms with van der Waals surface area (Å²) in [6.45, 7) is 4.08. The Hall–Kier alpha value is -2.10. The maximum Gasteiger partial charge on any atom is 0.408 e. The molecule has 0 spiro atoms. The Kier molecular flexibility index (Phi) is 6.18. The van der Waals surface area contributed by atoms with Gasteiger partial charge in [-0.3, -0.25) is 14.3 Å². The van der Waals surface area contributed by atoms with Crippen LogP contribution in [0.3, 0.4) is 0 Å². The van der Waals surface area contributed by atoms with Gasteiger partial charge in [0.2, 0.25) is 5.91 Å². The molecule has 1 atom stereocenters. The molecule has 0 aromatic carbocycles. The van der Waals surface area contributed by atoms with Crippen LogP contribution in [0.1, 0.15) is 49.1 Å². The fourth-order valence-electron chi connectivity index (χ4n) is 3.56. The highest BCUT2D eigenvalue weighted by Gasteiger charge is 2.38. The average molecular weight is 391 g/mol. The molecule has 2 rings (SSSR count). The highest BCUT2D eigenvalue weighted by molar-refractivity contribution is 5.85. The number of rotatable bonds is 6. The molecule has 1 saturated heterocycles. The predicted octanol–water partition coefficient (Wildman–Crippen LogP) is 2.31. The summed E-state index contributed by atoms with van der Waals surface area (Å²) >= 11 is 0. The molecule has 0 aliphatic carbocycles. The van der Waals surface area contributed by atoms with E-state index in [1.807, 2.05) is 0 Å². The van der Waals surface area contributed by atoms with Crippen LogP contribution in [0.25, 0.3) is 0 Å². The van der Waals surface area contributed by atoms with Crippen LogP contribution in [0.15, 0.2) is 0 Å². The Labute approximate surface area is 154 Å². The summed E-state index contributed by atoms with van der Waals surface area (Å²) in [5.41, 5.74) is 0.124. The van der Waals surface area contributed by atoms with E-state index in [1.165, 1.54) is 6.92 Å². The highest BCUT2D eigenvalue weighted by Crippen LogP contribution is 2.29. The standard InChI is InChI=1S/C17H24F3N3O4/c1-10(14-11(2)22-23(12(14)3)9-17(18,19)20)15(26)21-16(8-13(24)25)4-6-27-7-5-16/h10H,4-9H2,1-3H3,(H,21,26)(H,24,25). The molecule has 1 unspecified atom stereocenters. The van der Waals surface area contributed by atoms with Crippen molar-refractivity contribution in [2.24, 2.45) is 0 Å². The zero-order valence-corrected chi connectivity index (χ0v) is 15.5. The van der Waals surface area contributed by atoms with Gasteiger partial charge in [-0.2, -0.15) is 18.3 Å². The van der Waals surface area contributed by atoms with E-state index in [0.29, 0.717) is 37.3 Å². The molecule has 1 aromatic heterocycles. The smallest absolute Gasteiger partial charge is 0.408 e. The molecule has 1 amide bonds. The van der Waals surface area contributed by atoms with Gasteiger partial charge >= 0.3 is 12.1 Å². The first kappa shape index (κ1) is 21.2. The van der Waals surface area contributed by atoms with E-state index in [9.17, 15) is 27.9 Å². The monoisotopic (exact) mass is 391 g/mol. The summed E-state index contributed by atoms with van der Waals surface area (Å²) in [4.78, 5) is 24.0. The lowest BCUT2D eigenvalue weighted by atomic mass is 9.85. The van der Waals surface area contributed by atoms with Crippen LogP contribution in [0.2, 0.25) is 0 Å². The van der Waals surface area contributed by atoms with Gasteiger partial charge in [0.05, 0.1) is 23.6 Å². The Balaban J connectivity index is 2.22. The summed E-state index contributed by atoms with van der Waals surface area (Å²) in [6.07, 6.45) is -3.92. The first-order chi connectivity index (χ1) is 12.4.